The van der Waals surface area contributed by atoms with E-state index in [1.165, 1.54) is 0 Å². The van der Waals surface area contributed by atoms with Crippen molar-refractivity contribution < 1.29 is 36.8 Å². The van der Waals surface area contributed by atoms with Gasteiger partial charge in [-0.05, 0) is 24.6 Å². The van der Waals surface area contributed by atoms with Gasteiger partial charge in [0, 0.05) is 29.6 Å². The molecule has 6 atom stereocenters. The lowest BCUT2D eigenvalue weighted by Crippen LogP contribution is -2.46. The third kappa shape index (κ3) is 6.34. The highest BCUT2D eigenvalue weighted by molar-refractivity contribution is 7.48. The maximum atomic E-state index is 16.1. The van der Waals surface area contributed by atoms with E-state index < -0.39 is 61.9 Å². The summed E-state index contributed by atoms with van der Waals surface area (Å²) in [6, 6.07) is 7.82. The fraction of sp³-hybridized carbons (Fsp3) is 0.500. The number of nitrogens with zero attached hydrogens (tertiary/aromatic N) is 1. The van der Waals surface area contributed by atoms with Gasteiger partial charge in [0.25, 0.3) is 5.56 Å². The molecule has 1 N–H and O–H groups in total. The lowest BCUT2D eigenvalue weighted by molar-refractivity contribution is -0.157. The van der Waals surface area contributed by atoms with E-state index in [1.54, 1.807) is 24.3 Å². The number of halogens is 3. The number of phosphoric acid groups is 1. The predicted octanol–water partition coefficient (Wildman–Crippen LogP) is 3.66. The summed E-state index contributed by atoms with van der Waals surface area (Å²) in [5, 5.41) is 0.468. The number of rotatable bonds is 8. The number of aromatic amines is 1. The van der Waals surface area contributed by atoms with Gasteiger partial charge in [-0.2, -0.15) is 0 Å². The fourth-order valence-electron chi connectivity index (χ4n) is 4.10. The molecule has 0 saturated carbocycles. The van der Waals surface area contributed by atoms with E-state index in [0.717, 1.165) is 23.8 Å². The standard InChI is InChI=1S/C22H24Cl2FN2O9P/c1-22(25)19(35-18(29)5-8-23)16(34-20(22)27-9-6-17(28)26-21(27)30)12-33-37(31)32-10-7-15(36-37)13-3-2-4-14(24)11-13/h2-4,6,9,11,15-16,19-20H,5,7-8,10,12H2,1H3,(H,26,28,30)/t15-,16+,19+,20+,22+,37+/m0/s1. The van der Waals surface area contributed by atoms with Crippen LogP contribution in [0.4, 0.5) is 4.39 Å². The van der Waals surface area contributed by atoms with Crippen molar-refractivity contribution in [2.24, 2.45) is 0 Å². The summed E-state index contributed by atoms with van der Waals surface area (Å²) in [6.45, 7) is 0.537. The second-order valence-electron chi connectivity index (χ2n) is 8.56. The van der Waals surface area contributed by atoms with E-state index in [0.29, 0.717) is 17.0 Å². The van der Waals surface area contributed by atoms with Crippen molar-refractivity contribution >= 4 is 37.0 Å². The topological polar surface area (TPSA) is 135 Å². The number of phosphoric ester groups is 1. The molecule has 202 valence electrons. The minimum atomic E-state index is -4.15. The summed E-state index contributed by atoms with van der Waals surface area (Å²) in [7, 11) is -4.15. The van der Waals surface area contributed by atoms with Gasteiger partial charge in [0.05, 0.1) is 25.7 Å². The second kappa shape index (κ2) is 11.4. The molecular weight excluding hydrogens is 557 g/mol. The number of carbonyl (C=O) groups excluding carboxylic acids is 1. The smallest absolute Gasteiger partial charge is 0.456 e. The van der Waals surface area contributed by atoms with Crippen molar-refractivity contribution in [1.82, 2.24) is 9.55 Å². The Kier molecular flexibility index (Phi) is 8.59. The van der Waals surface area contributed by atoms with E-state index in [2.05, 4.69) is 0 Å². The van der Waals surface area contributed by atoms with Gasteiger partial charge < -0.3 is 9.47 Å². The average Bonchev–Trinajstić information content (AvgIpc) is 3.07. The number of ether oxygens (including phenoxy) is 2. The van der Waals surface area contributed by atoms with Crippen molar-refractivity contribution in [3.05, 3.63) is 68.0 Å². The van der Waals surface area contributed by atoms with Gasteiger partial charge in [-0.25, -0.2) is 13.8 Å². The molecule has 37 heavy (non-hydrogen) atoms. The molecule has 0 radical (unpaired) electrons. The summed E-state index contributed by atoms with van der Waals surface area (Å²) in [6.07, 6.45) is -3.96. The number of hydrogen-bond acceptors (Lipinski definition) is 9. The van der Waals surface area contributed by atoms with Crippen LogP contribution in [-0.2, 0) is 32.4 Å². The highest BCUT2D eigenvalue weighted by Crippen LogP contribution is 2.57. The highest BCUT2D eigenvalue weighted by atomic mass is 35.5. The zero-order valence-corrected chi connectivity index (χ0v) is 21.9. The molecule has 2 fully saturated rings. The normalized spacial score (nSPS) is 31.8. The monoisotopic (exact) mass is 580 g/mol. The van der Waals surface area contributed by atoms with E-state index in [9.17, 15) is 18.9 Å². The van der Waals surface area contributed by atoms with Gasteiger partial charge >= 0.3 is 19.5 Å². The number of esters is 1. The number of carbonyl (C=O) groups is 1. The molecule has 1 aromatic heterocycles. The molecule has 4 rings (SSSR count). The SMILES string of the molecule is C[C@@]1(F)[C@H](OC(=O)CCCl)[C@@H](CO[P@@]2(=O)OCC[C@@H](c3cccc(Cl)c3)O2)O[C@H]1n1ccc(=O)[nH]c1=O. The number of benzene rings is 1. The van der Waals surface area contributed by atoms with E-state index in [1.807, 2.05) is 4.98 Å². The third-order valence-corrected chi connectivity index (χ3v) is 7.75. The predicted molar refractivity (Wildman–Crippen MR) is 129 cm³/mol. The number of aromatic nitrogens is 2. The number of alkyl halides is 2. The summed E-state index contributed by atoms with van der Waals surface area (Å²) in [5.41, 5.74) is -3.43. The minimum absolute atomic E-state index is 0.0460. The molecular formula is C22H24Cl2FN2O9P. The molecule has 2 aliphatic heterocycles. The van der Waals surface area contributed by atoms with Crippen LogP contribution in [-0.4, -0.2) is 52.5 Å². The van der Waals surface area contributed by atoms with E-state index >= 15 is 4.39 Å². The fourth-order valence-corrected chi connectivity index (χ4v) is 5.84. The minimum Gasteiger partial charge on any atom is -0.456 e. The van der Waals surface area contributed by atoms with Crippen molar-refractivity contribution in [1.29, 1.82) is 0 Å². The largest absolute Gasteiger partial charge is 0.475 e. The van der Waals surface area contributed by atoms with Crippen molar-refractivity contribution in [3.63, 3.8) is 0 Å². The Morgan fingerprint density at radius 3 is 2.84 bits per heavy atom. The van der Waals surface area contributed by atoms with Crippen LogP contribution in [0.3, 0.4) is 0 Å². The summed E-state index contributed by atoms with van der Waals surface area (Å²) >= 11 is 11.6. The van der Waals surface area contributed by atoms with Gasteiger partial charge in [0.2, 0.25) is 0 Å². The number of H-pyrrole nitrogens is 1. The van der Waals surface area contributed by atoms with Crippen molar-refractivity contribution in [2.45, 2.75) is 50.0 Å². The number of nitrogens with one attached hydrogen (secondary N) is 1. The molecule has 0 bridgehead atoms. The molecule has 0 amide bonds. The summed E-state index contributed by atoms with van der Waals surface area (Å²) in [4.78, 5) is 38.0. The van der Waals surface area contributed by atoms with Crippen LogP contribution in [0, 0.1) is 0 Å². The average molecular weight is 581 g/mol. The first-order valence-corrected chi connectivity index (χ1v) is 13.6. The summed E-state index contributed by atoms with van der Waals surface area (Å²) in [5.74, 6) is -0.883. The van der Waals surface area contributed by atoms with Gasteiger partial charge in [0.15, 0.2) is 18.0 Å². The zero-order valence-electron chi connectivity index (χ0n) is 19.5. The Bertz CT molecular complexity index is 1300. The van der Waals surface area contributed by atoms with Gasteiger partial charge in [-0.15, -0.1) is 11.6 Å². The quantitative estimate of drug-likeness (QED) is 0.282. The molecule has 2 aliphatic rings. The molecule has 0 unspecified atom stereocenters. The lowest BCUT2D eigenvalue weighted by Gasteiger charge is -2.30. The molecule has 1 aromatic carbocycles. The first kappa shape index (κ1) is 28.0. The van der Waals surface area contributed by atoms with Gasteiger partial charge in [0.1, 0.15) is 6.10 Å². The highest BCUT2D eigenvalue weighted by Gasteiger charge is 2.58. The number of hydrogen-bond donors (Lipinski definition) is 1. The maximum absolute atomic E-state index is 16.1. The van der Waals surface area contributed by atoms with Crippen LogP contribution in [0.1, 0.15) is 37.7 Å². The van der Waals surface area contributed by atoms with Crippen LogP contribution in [0.2, 0.25) is 5.02 Å². The summed E-state index contributed by atoms with van der Waals surface area (Å²) < 4.78 is 57.4. The van der Waals surface area contributed by atoms with Gasteiger partial charge in [-0.1, -0.05) is 23.7 Å². The Morgan fingerprint density at radius 1 is 1.35 bits per heavy atom. The lowest BCUT2D eigenvalue weighted by atomic mass is 9.98. The zero-order chi connectivity index (χ0) is 26.8. The maximum Gasteiger partial charge on any atom is 0.475 e. The van der Waals surface area contributed by atoms with E-state index in [4.69, 9.17) is 46.2 Å². The molecule has 2 aromatic rings. The molecule has 0 spiro atoms. The van der Waals surface area contributed by atoms with Crippen LogP contribution >= 0.6 is 31.0 Å². The third-order valence-electron chi connectivity index (χ3n) is 5.84. The first-order valence-electron chi connectivity index (χ1n) is 11.3. The molecule has 2 saturated heterocycles. The Balaban J connectivity index is 1.55. The molecule has 0 aliphatic carbocycles. The Morgan fingerprint density at radius 2 is 2.14 bits per heavy atom. The van der Waals surface area contributed by atoms with E-state index in [-0.39, 0.29) is 18.9 Å². The Labute approximate surface area is 220 Å². The van der Waals surface area contributed by atoms with Crippen molar-refractivity contribution in [3.8, 4) is 0 Å². The van der Waals surface area contributed by atoms with Gasteiger partial charge in [-0.3, -0.25) is 32.7 Å². The molecule has 3 heterocycles. The molecule has 11 nitrogen and oxygen atoms in total. The van der Waals surface area contributed by atoms with Crippen molar-refractivity contribution in [2.75, 3.05) is 19.1 Å². The molecule has 15 heteroatoms. The van der Waals surface area contributed by atoms with Crippen LogP contribution in [0.15, 0.2) is 46.1 Å². The van der Waals surface area contributed by atoms with Crippen LogP contribution < -0.4 is 11.2 Å². The second-order valence-corrected chi connectivity index (χ2v) is 11.0. The first-order chi connectivity index (χ1) is 17.5. The van der Waals surface area contributed by atoms with Crippen LogP contribution in [0.5, 0.6) is 0 Å². The Hall–Kier alpha value is -2.05. The van der Waals surface area contributed by atoms with Crippen LogP contribution in [0.25, 0.3) is 0 Å².